The highest BCUT2D eigenvalue weighted by Gasteiger charge is 2.35. The maximum atomic E-state index is 13.3. The monoisotopic (exact) mass is 477 g/mol. The van der Waals surface area contributed by atoms with Gasteiger partial charge in [0.25, 0.3) is 5.91 Å². The molecule has 0 unspecified atom stereocenters. The molecule has 0 saturated carbocycles. The Kier molecular flexibility index (Phi) is 6.00. The molecule has 1 aliphatic rings. The van der Waals surface area contributed by atoms with Crippen LogP contribution in [0, 0.1) is 0 Å². The van der Waals surface area contributed by atoms with Crippen LogP contribution in [-0.4, -0.2) is 16.5 Å². The molecule has 158 valence electrons. The van der Waals surface area contributed by atoms with Gasteiger partial charge in [-0.3, -0.25) is 9.69 Å². The fourth-order valence-corrected chi connectivity index (χ4v) is 4.82. The van der Waals surface area contributed by atoms with Crippen LogP contribution in [0.15, 0.2) is 74.9 Å². The van der Waals surface area contributed by atoms with Gasteiger partial charge in [-0.25, -0.2) is 0 Å². The lowest BCUT2D eigenvalue weighted by Gasteiger charge is -2.15. The number of anilines is 1. The number of hydrogen-bond donors (Lipinski definition) is 0. The van der Waals surface area contributed by atoms with E-state index in [0.29, 0.717) is 14.9 Å². The number of hydrogen-bond acceptors (Lipinski definition) is 5. The second-order valence-corrected chi connectivity index (χ2v) is 9.02. The third-order valence-electron chi connectivity index (χ3n) is 4.50. The molecule has 0 atom stereocenters. The lowest BCUT2D eigenvalue weighted by molar-refractivity contribution is -0.137. The van der Waals surface area contributed by atoms with Crippen molar-refractivity contribution < 1.29 is 22.4 Å². The van der Waals surface area contributed by atoms with Gasteiger partial charge in [0, 0.05) is 16.5 Å². The Bertz CT molecular complexity index is 1200. The second-order valence-electron chi connectivity index (χ2n) is 6.46. The van der Waals surface area contributed by atoms with Gasteiger partial charge >= 0.3 is 6.18 Å². The molecule has 1 saturated heterocycles. The van der Waals surface area contributed by atoms with Gasteiger partial charge in [-0.15, -0.1) is 11.8 Å². The van der Waals surface area contributed by atoms with E-state index in [-0.39, 0.29) is 23.0 Å². The summed E-state index contributed by atoms with van der Waals surface area (Å²) < 4.78 is 45.9. The Morgan fingerprint density at radius 3 is 2.61 bits per heavy atom. The molecule has 1 amide bonds. The van der Waals surface area contributed by atoms with Gasteiger partial charge in [-0.2, -0.15) is 13.2 Å². The average Bonchev–Trinajstić information content (AvgIpc) is 3.32. The zero-order valence-electron chi connectivity index (χ0n) is 16.0. The van der Waals surface area contributed by atoms with Crippen molar-refractivity contribution in [3.63, 3.8) is 0 Å². The summed E-state index contributed by atoms with van der Waals surface area (Å²) in [6.07, 6.45) is -1.07. The van der Waals surface area contributed by atoms with Gasteiger partial charge in [-0.05, 0) is 42.7 Å². The first-order valence-electron chi connectivity index (χ1n) is 8.96. The molecule has 0 N–H and O–H groups in total. The van der Waals surface area contributed by atoms with E-state index in [1.54, 1.807) is 17.8 Å². The van der Waals surface area contributed by atoms with Gasteiger partial charge in [0.15, 0.2) is 4.32 Å². The van der Waals surface area contributed by atoms with Crippen molar-refractivity contribution in [2.75, 3.05) is 11.2 Å². The summed E-state index contributed by atoms with van der Waals surface area (Å²) >= 11 is 8.05. The summed E-state index contributed by atoms with van der Waals surface area (Å²) in [4.78, 5) is 15.7. The summed E-state index contributed by atoms with van der Waals surface area (Å²) in [5.74, 6) is 0.0366. The average molecular weight is 478 g/mol. The number of carbonyl (C=O) groups is 1. The highest BCUT2D eigenvalue weighted by atomic mass is 32.2. The highest BCUT2D eigenvalue weighted by molar-refractivity contribution is 8.27. The molecule has 1 fully saturated rings. The Morgan fingerprint density at radius 2 is 1.87 bits per heavy atom. The zero-order chi connectivity index (χ0) is 22.2. The van der Waals surface area contributed by atoms with E-state index in [9.17, 15) is 18.0 Å². The smallest absolute Gasteiger partial charge is 0.417 e. The number of halogens is 3. The standard InChI is InChI=1S/C22H14F3NO2S3/c1-30-15-6-4-5-13(11-15)26-20(27)19(31-21(26)29)12-14-9-10-18(28-14)16-7-2-3-8-17(16)22(23,24)25/h2-12H,1H3/b19-12+. The molecule has 0 spiro atoms. The summed E-state index contributed by atoms with van der Waals surface area (Å²) in [5, 5.41) is 0. The quantitative estimate of drug-likeness (QED) is 0.228. The van der Waals surface area contributed by atoms with Crippen LogP contribution in [-0.2, 0) is 11.0 Å². The molecular weight excluding hydrogens is 463 g/mol. The van der Waals surface area contributed by atoms with Gasteiger partial charge in [0.2, 0.25) is 0 Å². The summed E-state index contributed by atoms with van der Waals surface area (Å²) in [6.45, 7) is 0. The molecule has 3 aromatic rings. The van der Waals surface area contributed by atoms with Gasteiger partial charge in [0.05, 0.1) is 16.2 Å². The number of rotatable bonds is 4. The fourth-order valence-electron chi connectivity index (χ4n) is 3.09. The van der Waals surface area contributed by atoms with E-state index in [1.165, 1.54) is 41.3 Å². The van der Waals surface area contributed by atoms with Crippen molar-refractivity contribution >= 4 is 57.7 Å². The Labute approximate surface area is 190 Å². The van der Waals surface area contributed by atoms with E-state index in [1.807, 2.05) is 24.5 Å². The number of carbonyl (C=O) groups excluding carboxylic acids is 1. The van der Waals surface area contributed by atoms with Crippen LogP contribution in [0.2, 0.25) is 0 Å². The van der Waals surface area contributed by atoms with E-state index in [4.69, 9.17) is 16.6 Å². The first-order chi connectivity index (χ1) is 14.8. The van der Waals surface area contributed by atoms with E-state index in [0.717, 1.165) is 22.7 Å². The molecule has 0 aliphatic carbocycles. The van der Waals surface area contributed by atoms with Crippen molar-refractivity contribution in [3.05, 3.63) is 76.9 Å². The van der Waals surface area contributed by atoms with Crippen LogP contribution in [0.5, 0.6) is 0 Å². The molecule has 1 aliphatic heterocycles. The number of amides is 1. The first-order valence-corrected chi connectivity index (χ1v) is 11.4. The predicted octanol–water partition coefficient (Wildman–Crippen LogP) is 7.09. The van der Waals surface area contributed by atoms with Crippen LogP contribution < -0.4 is 4.90 Å². The molecule has 0 bridgehead atoms. The number of thioether (sulfide) groups is 2. The van der Waals surface area contributed by atoms with E-state index < -0.39 is 11.7 Å². The minimum absolute atomic E-state index is 0.0592. The van der Waals surface area contributed by atoms with E-state index >= 15 is 0 Å². The third kappa shape index (κ3) is 4.44. The summed E-state index contributed by atoms with van der Waals surface area (Å²) in [7, 11) is 0. The van der Waals surface area contributed by atoms with Gasteiger partial charge < -0.3 is 4.42 Å². The minimum Gasteiger partial charge on any atom is -0.457 e. The second kappa shape index (κ2) is 8.57. The molecule has 1 aromatic heterocycles. The minimum atomic E-state index is -4.50. The zero-order valence-corrected chi connectivity index (χ0v) is 18.4. The molecule has 31 heavy (non-hydrogen) atoms. The maximum Gasteiger partial charge on any atom is 0.417 e. The lowest BCUT2D eigenvalue weighted by atomic mass is 10.1. The van der Waals surface area contributed by atoms with Gasteiger partial charge in [-0.1, -0.05) is 48.2 Å². The topological polar surface area (TPSA) is 33.5 Å². The third-order valence-corrected chi connectivity index (χ3v) is 6.53. The number of alkyl halides is 3. The number of furan rings is 1. The molecule has 2 heterocycles. The molecule has 0 radical (unpaired) electrons. The largest absolute Gasteiger partial charge is 0.457 e. The van der Waals surface area contributed by atoms with Crippen molar-refractivity contribution in [1.82, 2.24) is 0 Å². The number of nitrogens with zero attached hydrogens (tertiary/aromatic N) is 1. The van der Waals surface area contributed by atoms with Crippen molar-refractivity contribution in [2.45, 2.75) is 11.1 Å². The SMILES string of the molecule is CSc1cccc(N2C(=O)/C(=C\c3ccc(-c4ccccc4C(F)(F)F)o3)SC2=S)c1. The Morgan fingerprint density at radius 1 is 1.10 bits per heavy atom. The molecule has 4 rings (SSSR count). The molecular formula is C22H14F3NO2S3. The van der Waals surface area contributed by atoms with Gasteiger partial charge in [0.1, 0.15) is 11.5 Å². The van der Waals surface area contributed by atoms with Crippen molar-refractivity contribution in [2.24, 2.45) is 0 Å². The van der Waals surface area contributed by atoms with Crippen LogP contribution in [0.1, 0.15) is 11.3 Å². The number of benzene rings is 2. The Hall–Kier alpha value is -2.49. The summed E-state index contributed by atoms with van der Waals surface area (Å²) in [5.41, 5.74) is -0.177. The Balaban J connectivity index is 1.63. The van der Waals surface area contributed by atoms with E-state index in [2.05, 4.69) is 0 Å². The lowest BCUT2D eigenvalue weighted by Crippen LogP contribution is -2.27. The fraction of sp³-hybridized carbons (Fsp3) is 0.0909. The summed E-state index contributed by atoms with van der Waals surface area (Å²) in [6, 6.07) is 15.6. The normalized spacial score (nSPS) is 15.9. The van der Waals surface area contributed by atoms with Crippen LogP contribution in [0.3, 0.4) is 0 Å². The molecule has 2 aromatic carbocycles. The van der Waals surface area contributed by atoms with Crippen molar-refractivity contribution in [3.8, 4) is 11.3 Å². The first kappa shape index (κ1) is 21.7. The predicted molar refractivity (Wildman–Crippen MR) is 123 cm³/mol. The molecule has 9 heteroatoms. The van der Waals surface area contributed by atoms with Crippen molar-refractivity contribution in [1.29, 1.82) is 0 Å². The number of thiocarbonyl (C=S) groups is 1. The van der Waals surface area contributed by atoms with Crippen LogP contribution in [0.25, 0.3) is 17.4 Å². The molecule has 3 nitrogen and oxygen atoms in total. The maximum absolute atomic E-state index is 13.3. The van der Waals surface area contributed by atoms with Crippen LogP contribution >= 0.6 is 35.7 Å². The van der Waals surface area contributed by atoms with Crippen LogP contribution in [0.4, 0.5) is 18.9 Å². The highest BCUT2D eigenvalue weighted by Crippen LogP contribution is 2.39.